The lowest BCUT2D eigenvalue weighted by atomic mass is 10.3. The Labute approximate surface area is 109 Å². The van der Waals surface area contributed by atoms with Crippen molar-refractivity contribution >= 4 is 16.0 Å². The Morgan fingerprint density at radius 2 is 1.94 bits per heavy atom. The Morgan fingerprint density at radius 1 is 1.33 bits per heavy atom. The molecule has 0 aromatic rings. The molecule has 18 heavy (non-hydrogen) atoms. The van der Waals surface area contributed by atoms with Crippen molar-refractivity contribution in [3.8, 4) is 0 Å². The number of carbonyl (C=O) groups is 1. The SMILES string of the molecule is CCN(C(C)COC)S(=O)(=O)CCCC(=O)OC. The molecule has 0 saturated heterocycles. The second-order valence-electron chi connectivity index (χ2n) is 4.00. The molecule has 0 bridgehead atoms. The van der Waals surface area contributed by atoms with Gasteiger partial charge in [0.05, 0.1) is 19.5 Å². The van der Waals surface area contributed by atoms with Crippen LogP contribution < -0.4 is 0 Å². The molecule has 0 fully saturated rings. The maximum absolute atomic E-state index is 12.1. The zero-order chi connectivity index (χ0) is 14.2. The van der Waals surface area contributed by atoms with Crippen molar-refractivity contribution in [1.29, 1.82) is 0 Å². The smallest absolute Gasteiger partial charge is 0.305 e. The minimum absolute atomic E-state index is 0.0516. The quantitative estimate of drug-likeness (QED) is 0.579. The summed E-state index contributed by atoms with van der Waals surface area (Å²) in [7, 11) is -0.529. The predicted molar refractivity (Wildman–Crippen MR) is 68.8 cm³/mol. The number of likely N-dealkylation sites (N-methyl/N-ethyl adjacent to an activating group) is 1. The largest absolute Gasteiger partial charge is 0.469 e. The number of sulfonamides is 1. The van der Waals surface area contributed by atoms with E-state index in [1.54, 1.807) is 13.8 Å². The number of hydrogen-bond donors (Lipinski definition) is 0. The van der Waals surface area contributed by atoms with Crippen LogP contribution in [0.4, 0.5) is 0 Å². The molecule has 0 heterocycles. The average Bonchev–Trinajstić information content (AvgIpc) is 2.29. The normalized spacial score (nSPS) is 13.6. The van der Waals surface area contributed by atoms with E-state index in [1.807, 2.05) is 0 Å². The predicted octanol–water partition coefficient (Wildman–Crippen LogP) is 0.626. The zero-order valence-corrected chi connectivity index (χ0v) is 12.3. The fourth-order valence-electron chi connectivity index (χ4n) is 1.73. The number of ether oxygens (including phenoxy) is 2. The molecule has 0 aromatic carbocycles. The number of esters is 1. The summed E-state index contributed by atoms with van der Waals surface area (Å²) in [5.41, 5.74) is 0. The number of rotatable bonds is 9. The van der Waals surface area contributed by atoms with E-state index in [-0.39, 0.29) is 24.6 Å². The first-order valence-corrected chi connectivity index (χ1v) is 7.55. The third kappa shape index (κ3) is 5.79. The van der Waals surface area contributed by atoms with Gasteiger partial charge in [-0.3, -0.25) is 4.79 Å². The van der Waals surface area contributed by atoms with Crippen LogP contribution in [-0.2, 0) is 24.3 Å². The van der Waals surface area contributed by atoms with E-state index in [9.17, 15) is 13.2 Å². The van der Waals surface area contributed by atoms with Crippen molar-refractivity contribution in [1.82, 2.24) is 4.31 Å². The van der Waals surface area contributed by atoms with Gasteiger partial charge >= 0.3 is 5.97 Å². The molecule has 7 heteroatoms. The molecule has 0 aliphatic heterocycles. The van der Waals surface area contributed by atoms with E-state index in [4.69, 9.17) is 4.74 Å². The minimum Gasteiger partial charge on any atom is -0.469 e. The number of hydrogen-bond acceptors (Lipinski definition) is 5. The van der Waals surface area contributed by atoms with E-state index >= 15 is 0 Å². The van der Waals surface area contributed by atoms with Gasteiger partial charge < -0.3 is 9.47 Å². The molecule has 0 saturated carbocycles. The summed E-state index contributed by atoms with van der Waals surface area (Å²) in [5, 5.41) is 0. The second kappa shape index (κ2) is 8.44. The Balaban J connectivity index is 4.44. The maximum atomic E-state index is 12.1. The molecule has 6 nitrogen and oxygen atoms in total. The molecule has 1 atom stereocenters. The molecule has 1 unspecified atom stereocenters. The van der Waals surface area contributed by atoms with Crippen molar-refractivity contribution < 1.29 is 22.7 Å². The maximum Gasteiger partial charge on any atom is 0.305 e. The molecule has 0 N–H and O–H groups in total. The van der Waals surface area contributed by atoms with Gasteiger partial charge in [0.2, 0.25) is 10.0 Å². The molecule has 0 aromatic heterocycles. The summed E-state index contributed by atoms with van der Waals surface area (Å²) in [6.45, 7) is 4.32. The molecule has 0 spiro atoms. The number of methoxy groups -OCH3 is 2. The fourth-order valence-corrected chi connectivity index (χ4v) is 3.47. The van der Waals surface area contributed by atoms with Crippen molar-refractivity contribution in [2.75, 3.05) is 33.1 Å². The van der Waals surface area contributed by atoms with Crippen molar-refractivity contribution in [3.05, 3.63) is 0 Å². The van der Waals surface area contributed by atoms with Crippen LogP contribution in [0.3, 0.4) is 0 Å². The third-order valence-electron chi connectivity index (χ3n) is 2.58. The van der Waals surface area contributed by atoms with E-state index in [2.05, 4.69) is 4.74 Å². The van der Waals surface area contributed by atoms with Crippen LogP contribution in [0.1, 0.15) is 26.7 Å². The summed E-state index contributed by atoms with van der Waals surface area (Å²) in [5.74, 6) is -0.442. The zero-order valence-electron chi connectivity index (χ0n) is 11.5. The van der Waals surface area contributed by atoms with Gasteiger partial charge in [0.15, 0.2) is 0 Å². The van der Waals surface area contributed by atoms with Gasteiger partial charge in [-0.15, -0.1) is 0 Å². The minimum atomic E-state index is -3.35. The lowest BCUT2D eigenvalue weighted by Crippen LogP contribution is -2.42. The summed E-state index contributed by atoms with van der Waals surface area (Å²) < 4.78 is 35.0. The first kappa shape index (κ1) is 17.3. The van der Waals surface area contributed by atoms with Crippen LogP contribution in [0.25, 0.3) is 0 Å². The topological polar surface area (TPSA) is 72.9 Å². The second-order valence-corrected chi connectivity index (χ2v) is 6.04. The van der Waals surface area contributed by atoms with Gasteiger partial charge in [0, 0.05) is 26.1 Å². The highest BCUT2D eigenvalue weighted by Gasteiger charge is 2.25. The van der Waals surface area contributed by atoms with Gasteiger partial charge in [-0.05, 0) is 13.3 Å². The Morgan fingerprint density at radius 3 is 2.39 bits per heavy atom. The monoisotopic (exact) mass is 281 g/mol. The van der Waals surface area contributed by atoms with Crippen LogP contribution in [-0.4, -0.2) is 57.9 Å². The molecular formula is C11H23NO5S. The van der Waals surface area contributed by atoms with Gasteiger partial charge in [-0.1, -0.05) is 6.92 Å². The highest BCUT2D eigenvalue weighted by Crippen LogP contribution is 2.10. The van der Waals surface area contributed by atoms with Crippen LogP contribution >= 0.6 is 0 Å². The van der Waals surface area contributed by atoms with Gasteiger partial charge in [0.1, 0.15) is 0 Å². The molecule has 0 aliphatic rings. The highest BCUT2D eigenvalue weighted by atomic mass is 32.2. The van der Waals surface area contributed by atoms with E-state index in [0.717, 1.165) is 0 Å². The van der Waals surface area contributed by atoms with Gasteiger partial charge in [-0.2, -0.15) is 4.31 Å². The van der Waals surface area contributed by atoms with Crippen molar-refractivity contribution in [3.63, 3.8) is 0 Å². The molecule has 0 amide bonds. The lowest BCUT2D eigenvalue weighted by Gasteiger charge is -2.26. The molecule has 0 rings (SSSR count). The van der Waals surface area contributed by atoms with Crippen LogP contribution in [0.5, 0.6) is 0 Å². The lowest BCUT2D eigenvalue weighted by molar-refractivity contribution is -0.140. The van der Waals surface area contributed by atoms with Crippen molar-refractivity contribution in [2.45, 2.75) is 32.7 Å². The van der Waals surface area contributed by atoms with E-state index < -0.39 is 16.0 Å². The van der Waals surface area contributed by atoms with E-state index in [1.165, 1.54) is 18.5 Å². The Hall–Kier alpha value is -0.660. The summed E-state index contributed by atoms with van der Waals surface area (Å²) in [6.07, 6.45) is 0.386. The average molecular weight is 281 g/mol. The molecular weight excluding hydrogens is 258 g/mol. The summed E-state index contributed by atoms with van der Waals surface area (Å²) in [4.78, 5) is 10.9. The highest BCUT2D eigenvalue weighted by molar-refractivity contribution is 7.89. The van der Waals surface area contributed by atoms with Gasteiger partial charge in [-0.25, -0.2) is 8.42 Å². The number of nitrogens with zero attached hydrogens (tertiary/aromatic N) is 1. The molecule has 0 radical (unpaired) electrons. The molecule has 108 valence electrons. The summed E-state index contributed by atoms with van der Waals surface area (Å²) in [6, 6.07) is -0.205. The number of carbonyl (C=O) groups excluding carboxylic acids is 1. The van der Waals surface area contributed by atoms with Crippen LogP contribution in [0.2, 0.25) is 0 Å². The fraction of sp³-hybridized carbons (Fsp3) is 0.909. The van der Waals surface area contributed by atoms with Crippen LogP contribution in [0.15, 0.2) is 0 Å². The third-order valence-corrected chi connectivity index (χ3v) is 4.72. The van der Waals surface area contributed by atoms with Crippen LogP contribution in [0, 0.1) is 0 Å². The summed E-state index contributed by atoms with van der Waals surface area (Å²) >= 11 is 0. The molecule has 0 aliphatic carbocycles. The van der Waals surface area contributed by atoms with Crippen molar-refractivity contribution in [2.24, 2.45) is 0 Å². The Bertz CT molecular complexity index is 341. The first-order chi connectivity index (χ1) is 8.38. The van der Waals surface area contributed by atoms with Gasteiger partial charge in [0.25, 0.3) is 0 Å². The first-order valence-electron chi connectivity index (χ1n) is 5.94. The Kier molecular flexibility index (Phi) is 8.13. The standard InChI is InChI=1S/C11H23NO5S/c1-5-12(10(2)9-16-3)18(14,15)8-6-7-11(13)17-4/h10H,5-9H2,1-4H3. The van der Waals surface area contributed by atoms with E-state index in [0.29, 0.717) is 13.2 Å².